The Morgan fingerprint density at radius 2 is 2.18 bits per heavy atom. The van der Waals surface area contributed by atoms with Crippen molar-refractivity contribution in [2.75, 3.05) is 0 Å². The van der Waals surface area contributed by atoms with Gasteiger partial charge in [-0.2, -0.15) is 0 Å². The molecule has 3 fully saturated rings. The SMILES string of the molecule is C1=C[C@H]2C[C@@H]1C1(CC1)[C@@H]1O[C@@H]12. The van der Waals surface area contributed by atoms with Crippen LogP contribution in [0.2, 0.25) is 0 Å². The predicted molar refractivity (Wildman–Crippen MR) is 41.1 cm³/mol. The molecule has 0 N–H and O–H groups in total. The van der Waals surface area contributed by atoms with E-state index in [2.05, 4.69) is 12.2 Å². The summed E-state index contributed by atoms with van der Waals surface area (Å²) < 4.78 is 5.74. The third-order valence-corrected chi connectivity index (χ3v) is 4.20. The summed E-state index contributed by atoms with van der Waals surface area (Å²) in [7, 11) is 0. The highest BCUT2D eigenvalue weighted by Crippen LogP contribution is 2.69. The predicted octanol–water partition coefficient (Wildman–Crippen LogP) is 1.74. The maximum Gasteiger partial charge on any atom is 0.0910 e. The molecule has 4 aliphatic rings. The van der Waals surface area contributed by atoms with Gasteiger partial charge in [-0.15, -0.1) is 0 Å². The normalized spacial score (nSPS) is 59.6. The molecule has 0 radical (unpaired) electrons. The molecule has 0 unspecified atom stereocenters. The van der Waals surface area contributed by atoms with Crippen molar-refractivity contribution < 1.29 is 4.74 Å². The van der Waals surface area contributed by atoms with Crippen molar-refractivity contribution in [3.05, 3.63) is 12.2 Å². The lowest BCUT2D eigenvalue weighted by atomic mass is 9.76. The summed E-state index contributed by atoms with van der Waals surface area (Å²) in [6.07, 6.45) is 10.5. The second-order valence-electron chi connectivity index (χ2n) is 4.65. The highest BCUT2D eigenvalue weighted by Gasteiger charge is 2.69. The lowest BCUT2D eigenvalue weighted by Gasteiger charge is -2.24. The van der Waals surface area contributed by atoms with Crippen LogP contribution in [0.5, 0.6) is 0 Å². The monoisotopic (exact) mass is 148 g/mol. The summed E-state index contributed by atoms with van der Waals surface area (Å²) in [6, 6.07) is 0. The first kappa shape index (κ1) is 5.36. The highest BCUT2D eigenvalue weighted by molar-refractivity contribution is 5.27. The molecule has 3 aliphatic carbocycles. The van der Waals surface area contributed by atoms with E-state index in [9.17, 15) is 0 Å². The van der Waals surface area contributed by atoms with E-state index in [-0.39, 0.29) is 0 Å². The molecule has 1 nitrogen and oxygen atoms in total. The molecule has 58 valence electrons. The van der Waals surface area contributed by atoms with Crippen LogP contribution in [-0.2, 0) is 4.74 Å². The second kappa shape index (κ2) is 1.31. The van der Waals surface area contributed by atoms with Gasteiger partial charge in [-0.3, -0.25) is 0 Å². The Hall–Kier alpha value is -0.300. The molecule has 0 aromatic heterocycles. The second-order valence-corrected chi connectivity index (χ2v) is 4.65. The number of allylic oxidation sites excluding steroid dienone is 1. The first-order chi connectivity index (χ1) is 5.40. The zero-order chi connectivity index (χ0) is 7.05. The van der Waals surface area contributed by atoms with Gasteiger partial charge in [0.1, 0.15) is 0 Å². The fraction of sp³-hybridized carbons (Fsp3) is 0.800. The van der Waals surface area contributed by atoms with E-state index in [1.807, 2.05) is 0 Å². The smallest absolute Gasteiger partial charge is 0.0910 e. The molecule has 1 spiro atoms. The van der Waals surface area contributed by atoms with Crippen molar-refractivity contribution in [2.45, 2.75) is 31.5 Å². The molecular formula is C10H12O. The Morgan fingerprint density at radius 3 is 3.00 bits per heavy atom. The van der Waals surface area contributed by atoms with E-state index in [1.165, 1.54) is 19.3 Å². The number of ether oxygens (including phenoxy) is 1. The summed E-state index contributed by atoms with van der Waals surface area (Å²) in [5, 5.41) is 0. The fourth-order valence-corrected chi connectivity index (χ4v) is 3.32. The molecule has 1 saturated heterocycles. The number of hydrogen-bond acceptors (Lipinski definition) is 1. The van der Waals surface area contributed by atoms with Gasteiger partial charge in [0.05, 0.1) is 12.2 Å². The number of rotatable bonds is 0. The van der Waals surface area contributed by atoms with Crippen LogP contribution in [0.15, 0.2) is 12.2 Å². The average Bonchev–Trinajstić information content (AvgIpc) is 2.89. The Bertz CT molecular complexity index is 252. The molecule has 4 atom stereocenters. The summed E-state index contributed by atoms with van der Waals surface area (Å²) in [6.45, 7) is 0. The summed E-state index contributed by atoms with van der Waals surface area (Å²) in [5.74, 6) is 1.70. The first-order valence-electron chi connectivity index (χ1n) is 4.74. The van der Waals surface area contributed by atoms with Gasteiger partial charge in [0.25, 0.3) is 0 Å². The quantitative estimate of drug-likeness (QED) is 0.376. The van der Waals surface area contributed by atoms with Crippen LogP contribution in [0, 0.1) is 17.3 Å². The van der Waals surface area contributed by atoms with Gasteiger partial charge < -0.3 is 4.74 Å². The summed E-state index contributed by atoms with van der Waals surface area (Å²) >= 11 is 0. The average molecular weight is 148 g/mol. The van der Waals surface area contributed by atoms with E-state index >= 15 is 0 Å². The van der Waals surface area contributed by atoms with E-state index in [0.717, 1.165) is 11.8 Å². The Labute approximate surface area is 66.4 Å². The molecule has 0 amide bonds. The highest BCUT2D eigenvalue weighted by atomic mass is 16.6. The van der Waals surface area contributed by atoms with Crippen molar-refractivity contribution in [3.8, 4) is 0 Å². The van der Waals surface area contributed by atoms with Crippen LogP contribution in [0.25, 0.3) is 0 Å². The largest absolute Gasteiger partial charge is 0.368 e. The van der Waals surface area contributed by atoms with Crippen LogP contribution in [0.3, 0.4) is 0 Å². The van der Waals surface area contributed by atoms with Crippen LogP contribution in [0.4, 0.5) is 0 Å². The molecule has 0 aromatic carbocycles. The van der Waals surface area contributed by atoms with E-state index in [4.69, 9.17) is 4.74 Å². The van der Waals surface area contributed by atoms with Gasteiger partial charge >= 0.3 is 0 Å². The minimum absolute atomic E-state index is 0.646. The number of fused-ring (bicyclic) bond motifs is 6. The fourth-order valence-electron chi connectivity index (χ4n) is 3.32. The molecule has 1 heterocycles. The van der Waals surface area contributed by atoms with Crippen LogP contribution >= 0.6 is 0 Å². The molecule has 2 bridgehead atoms. The van der Waals surface area contributed by atoms with Crippen molar-refractivity contribution >= 4 is 0 Å². The molecule has 4 rings (SSSR count). The maximum absolute atomic E-state index is 5.74. The zero-order valence-electron chi connectivity index (χ0n) is 6.49. The minimum Gasteiger partial charge on any atom is -0.368 e. The van der Waals surface area contributed by atoms with Gasteiger partial charge in [-0.25, -0.2) is 0 Å². The van der Waals surface area contributed by atoms with Crippen LogP contribution in [-0.4, -0.2) is 12.2 Å². The number of epoxide rings is 1. The zero-order valence-corrected chi connectivity index (χ0v) is 6.49. The lowest BCUT2D eigenvalue weighted by molar-refractivity contribution is 0.259. The third-order valence-electron chi connectivity index (χ3n) is 4.20. The van der Waals surface area contributed by atoms with E-state index in [1.54, 1.807) is 0 Å². The Balaban J connectivity index is 1.86. The standard InChI is InChI=1S/C10H12O/c1-2-7-5-6(1)8-9(11-8)10(7)3-4-10/h1-2,6-9H,3-5H2/t6-,7+,8+,9+/m0/s1. The van der Waals surface area contributed by atoms with Crippen molar-refractivity contribution in [1.82, 2.24) is 0 Å². The maximum atomic E-state index is 5.74. The van der Waals surface area contributed by atoms with E-state index in [0.29, 0.717) is 17.6 Å². The molecule has 2 saturated carbocycles. The van der Waals surface area contributed by atoms with Gasteiger partial charge in [-0.1, -0.05) is 12.2 Å². The van der Waals surface area contributed by atoms with Gasteiger partial charge in [-0.05, 0) is 25.2 Å². The molecular weight excluding hydrogens is 136 g/mol. The van der Waals surface area contributed by atoms with Crippen molar-refractivity contribution in [2.24, 2.45) is 17.3 Å². The molecule has 1 aliphatic heterocycles. The Kier molecular flexibility index (Phi) is 0.637. The third kappa shape index (κ3) is 0.451. The summed E-state index contributed by atoms with van der Waals surface area (Å²) in [4.78, 5) is 0. The van der Waals surface area contributed by atoms with E-state index < -0.39 is 0 Å². The minimum atomic E-state index is 0.646. The van der Waals surface area contributed by atoms with Crippen LogP contribution in [0.1, 0.15) is 19.3 Å². The molecule has 0 aromatic rings. The van der Waals surface area contributed by atoms with Gasteiger partial charge in [0.2, 0.25) is 0 Å². The van der Waals surface area contributed by atoms with Crippen molar-refractivity contribution in [1.29, 1.82) is 0 Å². The lowest BCUT2D eigenvalue weighted by Crippen LogP contribution is -2.28. The van der Waals surface area contributed by atoms with Crippen molar-refractivity contribution in [3.63, 3.8) is 0 Å². The topological polar surface area (TPSA) is 12.5 Å². The Morgan fingerprint density at radius 1 is 1.27 bits per heavy atom. The summed E-state index contributed by atoms with van der Waals surface area (Å²) in [5.41, 5.74) is 0.661. The van der Waals surface area contributed by atoms with Gasteiger partial charge in [0, 0.05) is 11.3 Å². The number of hydrogen-bond donors (Lipinski definition) is 0. The van der Waals surface area contributed by atoms with Crippen LogP contribution < -0.4 is 0 Å². The first-order valence-corrected chi connectivity index (χ1v) is 4.74. The molecule has 11 heavy (non-hydrogen) atoms. The van der Waals surface area contributed by atoms with Gasteiger partial charge in [0.15, 0.2) is 0 Å². The molecule has 1 heteroatoms.